The van der Waals surface area contributed by atoms with E-state index in [1.54, 1.807) is 0 Å². The molecular formula is C18H32ClN3O2. The number of hydrogen-bond acceptors (Lipinski definition) is 3. The predicted molar refractivity (Wildman–Crippen MR) is 96.8 cm³/mol. The van der Waals surface area contributed by atoms with E-state index >= 15 is 0 Å². The highest BCUT2D eigenvalue weighted by molar-refractivity contribution is 5.85. The fourth-order valence-electron chi connectivity index (χ4n) is 4.96. The molecule has 4 N–H and O–H groups in total. The number of carbonyl (C=O) groups is 2. The summed E-state index contributed by atoms with van der Waals surface area (Å²) in [5.41, 5.74) is 6.19. The molecule has 3 aliphatic carbocycles. The standard InChI is InChI=1S/C18H31N3O2.ClH/c19-17-14-7-6-13(11-14)16(17)18(23)21-9-8-20-15(22)10-12-4-2-1-3-5-12;/h12-14,16-17H,1-11,19H2,(H,20,22)(H,21,23);1H. The molecule has 4 unspecified atom stereocenters. The average molecular weight is 358 g/mol. The Morgan fingerprint density at radius 1 is 0.917 bits per heavy atom. The zero-order chi connectivity index (χ0) is 16.2. The third-order valence-electron chi connectivity index (χ3n) is 6.23. The SMILES string of the molecule is Cl.NC1C2CCC(C2)C1C(=O)NCCNC(=O)CC1CCCCC1. The molecule has 0 heterocycles. The summed E-state index contributed by atoms with van der Waals surface area (Å²) < 4.78 is 0. The summed E-state index contributed by atoms with van der Waals surface area (Å²) >= 11 is 0. The quantitative estimate of drug-likeness (QED) is 0.635. The summed E-state index contributed by atoms with van der Waals surface area (Å²) in [5.74, 6) is 1.80. The molecule has 3 aliphatic rings. The molecule has 3 saturated carbocycles. The fourth-order valence-corrected chi connectivity index (χ4v) is 4.96. The lowest BCUT2D eigenvalue weighted by Crippen LogP contribution is -2.46. The molecule has 0 saturated heterocycles. The Balaban J connectivity index is 0.00000208. The Bertz CT molecular complexity index is 438. The smallest absolute Gasteiger partial charge is 0.225 e. The van der Waals surface area contributed by atoms with Crippen LogP contribution >= 0.6 is 12.4 Å². The summed E-state index contributed by atoms with van der Waals surface area (Å²) in [4.78, 5) is 24.2. The van der Waals surface area contributed by atoms with Crippen LogP contribution in [0.5, 0.6) is 0 Å². The van der Waals surface area contributed by atoms with Crippen LogP contribution in [-0.4, -0.2) is 30.9 Å². The number of nitrogens with one attached hydrogen (secondary N) is 2. The van der Waals surface area contributed by atoms with Crippen molar-refractivity contribution in [1.82, 2.24) is 10.6 Å². The van der Waals surface area contributed by atoms with Crippen molar-refractivity contribution in [3.63, 3.8) is 0 Å². The Hall–Kier alpha value is -0.810. The Labute approximate surface area is 151 Å². The fraction of sp³-hybridized carbons (Fsp3) is 0.889. The summed E-state index contributed by atoms with van der Waals surface area (Å²) in [6.45, 7) is 1.03. The van der Waals surface area contributed by atoms with Crippen LogP contribution in [0.3, 0.4) is 0 Å². The number of fused-ring (bicyclic) bond motifs is 2. The van der Waals surface area contributed by atoms with Crippen LogP contribution in [0.25, 0.3) is 0 Å². The Morgan fingerprint density at radius 3 is 2.25 bits per heavy atom. The molecule has 0 radical (unpaired) electrons. The normalized spacial score (nSPS) is 32.2. The van der Waals surface area contributed by atoms with E-state index in [9.17, 15) is 9.59 Å². The van der Waals surface area contributed by atoms with Crippen molar-refractivity contribution in [3.05, 3.63) is 0 Å². The lowest BCUT2D eigenvalue weighted by Gasteiger charge is -2.27. The number of nitrogens with two attached hydrogens (primary N) is 1. The van der Waals surface area contributed by atoms with Crippen molar-refractivity contribution in [2.45, 2.75) is 63.8 Å². The highest BCUT2D eigenvalue weighted by atomic mass is 35.5. The molecule has 3 fully saturated rings. The first-order chi connectivity index (χ1) is 11.1. The monoisotopic (exact) mass is 357 g/mol. The van der Waals surface area contributed by atoms with Crippen LogP contribution in [0.15, 0.2) is 0 Å². The lowest BCUT2D eigenvalue weighted by molar-refractivity contribution is -0.127. The third-order valence-corrected chi connectivity index (χ3v) is 6.23. The largest absolute Gasteiger partial charge is 0.354 e. The van der Waals surface area contributed by atoms with Gasteiger partial charge in [0, 0.05) is 25.6 Å². The molecule has 2 amide bonds. The molecule has 6 heteroatoms. The molecular weight excluding hydrogens is 326 g/mol. The second-order valence-corrected chi connectivity index (χ2v) is 7.79. The molecule has 138 valence electrons. The van der Waals surface area contributed by atoms with Gasteiger partial charge < -0.3 is 16.4 Å². The average Bonchev–Trinajstić information content (AvgIpc) is 3.13. The van der Waals surface area contributed by atoms with Gasteiger partial charge in [-0.25, -0.2) is 0 Å². The summed E-state index contributed by atoms with van der Waals surface area (Å²) in [6, 6.07) is 0.0367. The van der Waals surface area contributed by atoms with Crippen LogP contribution in [0, 0.1) is 23.7 Å². The van der Waals surface area contributed by atoms with Crippen molar-refractivity contribution in [2.24, 2.45) is 29.4 Å². The van der Waals surface area contributed by atoms with E-state index in [1.807, 2.05) is 0 Å². The lowest BCUT2D eigenvalue weighted by atomic mass is 9.84. The van der Waals surface area contributed by atoms with Gasteiger partial charge in [0.05, 0.1) is 5.92 Å². The van der Waals surface area contributed by atoms with Gasteiger partial charge in [0.2, 0.25) is 11.8 Å². The Kier molecular flexibility index (Phi) is 7.35. The van der Waals surface area contributed by atoms with Gasteiger partial charge in [-0.05, 0) is 49.9 Å². The first-order valence-corrected chi connectivity index (χ1v) is 9.45. The van der Waals surface area contributed by atoms with Crippen LogP contribution < -0.4 is 16.4 Å². The highest BCUT2D eigenvalue weighted by Gasteiger charge is 2.48. The van der Waals surface area contributed by atoms with E-state index in [2.05, 4.69) is 10.6 Å². The van der Waals surface area contributed by atoms with Gasteiger partial charge in [0.15, 0.2) is 0 Å². The molecule has 0 aromatic rings. The summed E-state index contributed by atoms with van der Waals surface area (Å²) in [6.07, 6.45) is 10.3. The maximum Gasteiger partial charge on any atom is 0.225 e. The molecule has 0 aliphatic heterocycles. The number of hydrogen-bond donors (Lipinski definition) is 3. The van der Waals surface area contributed by atoms with Crippen molar-refractivity contribution in [3.8, 4) is 0 Å². The Morgan fingerprint density at radius 2 is 1.58 bits per heavy atom. The van der Waals surface area contributed by atoms with Gasteiger partial charge in [0.1, 0.15) is 0 Å². The van der Waals surface area contributed by atoms with Crippen molar-refractivity contribution < 1.29 is 9.59 Å². The molecule has 3 rings (SSSR count). The van der Waals surface area contributed by atoms with Crippen molar-refractivity contribution in [2.75, 3.05) is 13.1 Å². The van der Waals surface area contributed by atoms with E-state index in [-0.39, 0.29) is 36.2 Å². The van der Waals surface area contributed by atoms with Crippen molar-refractivity contribution in [1.29, 1.82) is 0 Å². The van der Waals surface area contributed by atoms with Gasteiger partial charge in [-0.2, -0.15) is 0 Å². The molecule has 5 nitrogen and oxygen atoms in total. The van der Waals surface area contributed by atoms with Crippen LogP contribution in [0.2, 0.25) is 0 Å². The van der Waals surface area contributed by atoms with Gasteiger partial charge in [-0.3, -0.25) is 9.59 Å². The van der Waals surface area contributed by atoms with E-state index in [1.165, 1.54) is 38.5 Å². The molecule has 0 aromatic heterocycles. The van der Waals surface area contributed by atoms with Gasteiger partial charge >= 0.3 is 0 Å². The molecule has 0 spiro atoms. The van der Waals surface area contributed by atoms with Gasteiger partial charge in [-0.1, -0.05) is 19.3 Å². The number of carbonyl (C=O) groups excluding carboxylic acids is 2. The van der Waals surface area contributed by atoms with E-state index in [0.717, 1.165) is 12.8 Å². The summed E-state index contributed by atoms with van der Waals surface area (Å²) in [7, 11) is 0. The van der Waals surface area contributed by atoms with E-state index in [4.69, 9.17) is 5.73 Å². The number of amides is 2. The first-order valence-electron chi connectivity index (χ1n) is 9.45. The van der Waals surface area contributed by atoms with E-state index in [0.29, 0.717) is 37.3 Å². The molecule has 24 heavy (non-hydrogen) atoms. The summed E-state index contributed by atoms with van der Waals surface area (Å²) in [5, 5.41) is 5.90. The zero-order valence-corrected chi connectivity index (χ0v) is 15.3. The number of halogens is 1. The molecule has 4 atom stereocenters. The zero-order valence-electron chi connectivity index (χ0n) is 14.5. The third kappa shape index (κ3) is 4.63. The predicted octanol–water partition coefficient (Wildman–Crippen LogP) is 1.98. The first kappa shape index (κ1) is 19.5. The molecule has 2 bridgehead atoms. The minimum absolute atomic E-state index is 0. The van der Waals surface area contributed by atoms with E-state index < -0.39 is 0 Å². The highest BCUT2D eigenvalue weighted by Crippen LogP contribution is 2.47. The molecule has 0 aromatic carbocycles. The maximum absolute atomic E-state index is 12.3. The van der Waals surface area contributed by atoms with Crippen molar-refractivity contribution >= 4 is 24.2 Å². The van der Waals surface area contributed by atoms with Crippen LogP contribution in [-0.2, 0) is 9.59 Å². The van der Waals surface area contributed by atoms with Gasteiger partial charge in [-0.15, -0.1) is 12.4 Å². The van der Waals surface area contributed by atoms with Gasteiger partial charge in [0.25, 0.3) is 0 Å². The number of rotatable bonds is 6. The van der Waals surface area contributed by atoms with Crippen LogP contribution in [0.1, 0.15) is 57.8 Å². The van der Waals surface area contributed by atoms with Crippen LogP contribution in [0.4, 0.5) is 0 Å². The maximum atomic E-state index is 12.3. The topological polar surface area (TPSA) is 84.2 Å². The second-order valence-electron chi connectivity index (χ2n) is 7.79. The minimum Gasteiger partial charge on any atom is -0.354 e. The minimum atomic E-state index is -0.00769. The second kappa shape index (κ2) is 9.04.